The van der Waals surface area contributed by atoms with Gasteiger partial charge < -0.3 is 14.7 Å². The Kier molecular flexibility index (Phi) is 6.93. The lowest BCUT2D eigenvalue weighted by atomic mass is 10.2. The van der Waals surface area contributed by atoms with Crippen LogP contribution in [0.4, 0.5) is 8.78 Å². The minimum atomic E-state index is -2.81. The van der Waals surface area contributed by atoms with Gasteiger partial charge in [-0.25, -0.2) is 0 Å². The van der Waals surface area contributed by atoms with Crippen LogP contribution in [0.5, 0.6) is 5.75 Å². The zero-order chi connectivity index (χ0) is 15.0. The molecule has 0 heterocycles. The highest BCUT2D eigenvalue weighted by Gasteiger charge is 2.05. The van der Waals surface area contributed by atoms with Crippen molar-refractivity contribution in [3.05, 3.63) is 29.8 Å². The summed E-state index contributed by atoms with van der Waals surface area (Å²) >= 11 is 0. The Balaban J connectivity index is 2.30. The number of carbonyl (C=O) groups is 1. The van der Waals surface area contributed by atoms with E-state index in [0.29, 0.717) is 13.0 Å². The van der Waals surface area contributed by atoms with Crippen molar-refractivity contribution in [3.8, 4) is 5.75 Å². The molecule has 1 rings (SSSR count). The summed E-state index contributed by atoms with van der Waals surface area (Å²) in [4.78, 5) is 12.4. The van der Waals surface area contributed by atoms with E-state index in [2.05, 4.69) is 9.64 Å². The molecular formula is C14H19F2NO3. The number of alkyl halides is 2. The molecule has 0 bridgehead atoms. The van der Waals surface area contributed by atoms with E-state index in [-0.39, 0.29) is 12.2 Å². The Labute approximate surface area is 117 Å². The van der Waals surface area contributed by atoms with Crippen molar-refractivity contribution in [2.45, 2.75) is 32.4 Å². The zero-order valence-corrected chi connectivity index (χ0v) is 11.4. The topological polar surface area (TPSA) is 49.8 Å². The molecule has 0 aliphatic heterocycles. The molecular weight excluding hydrogens is 268 g/mol. The summed E-state index contributed by atoms with van der Waals surface area (Å²) in [5.41, 5.74) is 0.993. The standard InChI is InChI=1S/C14H19F2NO3/c1-17(9-3-2-4-13(18)19)10-11-5-7-12(8-6-11)20-14(15)16/h5-8,14H,2-4,9-10H2,1H3,(H,18,19). The maximum Gasteiger partial charge on any atom is 0.387 e. The molecule has 0 unspecified atom stereocenters. The van der Waals surface area contributed by atoms with Gasteiger partial charge in [0.05, 0.1) is 0 Å². The molecule has 0 aromatic heterocycles. The first-order valence-electron chi connectivity index (χ1n) is 6.41. The Bertz CT molecular complexity index is 409. The van der Waals surface area contributed by atoms with Crippen LogP contribution >= 0.6 is 0 Å². The summed E-state index contributed by atoms with van der Waals surface area (Å²) < 4.78 is 28.3. The van der Waals surface area contributed by atoms with Crippen molar-refractivity contribution in [2.24, 2.45) is 0 Å². The minimum Gasteiger partial charge on any atom is -0.481 e. The third-order valence-corrected chi connectivity index (χ3v) is 2.78. The van der Waals surface area contributed by atoms with Gasteiger partial charge in [0.2, 0.25) is 0 Å². The van der Waals surface area contributed by atoms with E-state index in [4.69, 9.17) is 5.11 Å². The van der Waals surface area contributed by atoms with Gasteiger partial charge in [-0.05, 0) is 44.1 Å². The highest BCUT2D eigenvalue weighted by atomic mass is 19.3. The minimum absolute atomic E-state index is 0.146. The molecule has 0 saturated carbocycles. The molecule has 0 saturated heterocycles. The van der Waals surface area contributed by atoms with E-state index < -0.39 is 12.6 Å². The lowest BCUT2D eigenvalue weighted by Crippen LogP contribution is -2.19. The van der Waals surface area contributed by atoms with Crippen molar-refractivity contribution < 1.29 is 23.4 Å². The second-order valence-electron chi connectivity index (χ2n) is 4.61. The van der Waals surface area contributed by atoms with Crippen molar-refractivity contribution in [1.82, 2.24) is 4.90 Å². The van der Waals surface area contributed by atoms with Crippen LogP contribution in [-0.4, -0.2) is 36.2 Å². The van der Waals surface area contributed by atoms with Gasteiger partial charge in [0.1, 0.15) is 5.75 Å². The predicted octanol–water partition coefficient (Wildman–Crippen LogP) is 2.97. The average molecular weight is 287 g/mol. The molecule has 0 atom stereocenters. The molecule has 112 valence electrons. The lowest BCUT2D eigenvalue weighted by Gasteiger charge is -2.16. The van der Waals surface area contributed by atoms with Gasteiger partial charge >= 0.3 is 12.6 Å². The van der Waals surface area contributed by atoms with Gasteiger partial charge in [-0.1, -0.05) is 12.1 Å². The summed E-state index contributed by atoms with van der Waals surface area (Å²) in [6.45, 7) is -1.33. The van der Waals surface area contributed by atoms with Crippen LogP contribution in [0.25, 0.3) is 0 Å². The van der Waals surface area contributed by atoms with Crippen molar-refractivity contribution in [1.29, 1.82) is 0 Å². The fraction of sp³-hybridized carbons (Fsp3) is 0.500. The first kappa shape index (κ1) is 16.4. The lowest BCUT2D eigenvalue weighted by molar-refractivity contribution is -0.137. The van der Waals surface area contributed by atoms with Gasteiger partial charge in [-0.2, -0.15) is 8.78 Å². The molecule has 1 aromatic rings. The molecule has 0 radical (unpaired) electrons. The number of hydrogen-bond acceptors (Lipinski definition) is 3. The Morgan fingerprint density at radius 1 is 1.30 bits per heavy atom. The van der Waals surface area contributed by atoms with E-state index in [9.17, 15) is 13.6 Å². The molecule has 4 nitrogen and oxygen atoms in total. The number of rotatable bonds is 9. The summed E-state index contributed by atoms with van der Waals surface area (Å²) in [5.74, 6) is -0.630. The van der Waals surface area contributed by atoms with Crippen molar-refractivity contribution in [3.63, 3.8) is 0 Å². The average Bonchev–Trinajstić information content (AvgIpc) is 2.36. The highest BCUT2D eigenvalue weighted by Crippen LogP contribution is 2.15. The van der Waals surface area contributed by atoms with Gasteiger partial charge in [0.25, 0.3) is 0 Å². The van der Waals surface area contributed by atoms with E-state index >= 15 is 0 Å². The number of hydrogen-bond donors (Lipinski definition) is 1. The van der Waals surface area contributed by atoms with Gasteiger partial charge in [-0.3, -0.25) is 4.79 Å². The maximum absolute atomic E-state index is 12.0. The van der Waals surface area contributed by atoms with Gasteiger partial charge in [0, 0.05) is 13.0 Å². The number of nitrogens with zero attached hydrogens (tertiary/aromatic N) is 1. The number of carboxylic acids is 1. The highest BCUT2D eigenvalue weighted by molar-refractivity contribution is 5.66. The van der Waals surface area contributed by atoms with E-state index in [0.717, 1.165) is 18.5 Å². The normalized spacial score (nSPS) is 11.1. The maximum atomic E-state index is 12.0. The van der Waals surface area contributed by atoms with Crippen LogP contribution in [0, 0.1) is 0 Å². The first-order chi connectivity index (χ1) is 9.47. The second kappa shape index (κ2) is 8.47. The Morgan fingerprint density at radius 2 is 1.95 bits per heavy atom. The van der Waals surface area contributed by atoms with E-state index in [1.807, 2.05) is 7.05 Å². The third-order valence-electron chi connectivity index (χ3n) is 2.78. The molecule has 20 heavy (non-hydrogen) atoms. The predicted molar refractivity (Wildman–Crippen MR) is 70.9 cm³/mol. The van der Waals surface area contributed by atoms with Crippen LogP contribution in [0.2, 0.25) is 0 Å². The number of ether oxygens (including phenoxy) is 1. The molecule has 0 fully saturated rings. The molecule has 1 N–H and O–H groups in total. The number of aliphatic carboxylic acids is 1. The molecule has 0 aliphatic carbocycles. The smallest absolute Gasteiger partial charge is 0.387 e. The molecule has 6 heteroatoms. The van der Waals surface area contributed by atoms with Crippen LogP contribution in [-0.2, 0) is 11.3 Å². The summed E-state index contributed by atoms with van der Waals surface area (Å²) in [6, 6.07) is 6.51. The van der Waals surface area contributed by atoms with Crippen molar-refractivity contribution >= 4 is 5.97 Å². The SMILES string of the molecule is CN(CCCCC(=O)O)Cc1ccc(OC(F)F)cc1. The first-order valence-corrected chi connectivity index (χ1v) is 6.41. The van der Waals surface area contributed by atoms with Crippen LogP contribution < -0.4 is 4.74 Å². The van der Waals surface area contributed by atoms with Gasteiger partial charge in [-0.15, -0.1) is 0 Å². The quantitative estimate of drug-likeness (QED) is 0.709. The number of unbranched alkanes of at least 4 members (excludes halogenated alkanes) is 1. The largest absolute Gasteiger partial charge is 0.481 e. The summed E-state index contributed by atoms with van der Waals surface area (Å²) in [7, 11) is 1.93. The molecule has 0 aliphatic rings. The van der Waals surface area contributed by atoms with Crippen LogP contribution in [0.3, 0.4) is 0 Å². The Hall–Kier alpha value is -1.69. The zero-order valence-electron chi connectivity index (χ0n) is 11.4. The number of halogens is 2. The molecule has 0 spiro atoms. The second-order valence-corrected chi connectivity index (χ2v) is 4.61. The fourth-order valence-electron chi connectivity index (χ4n) is 1.82. The van der Waals surface area contributed by atoms with Gasteiger partial charge in [0.15, 0.2) is 0 Å². The van der Waals surface area contributed by atoms with E-state index in [1.54, 1.807) is 12.1 Å². The van der Waals surface area contributed by atoms with Crippen LogP contribution in [0.1, 0.15) is 24.8 Å². The van der Waals surface area contributed by atoms with Crippen LogP contribution in [0.15, 0.2) is 24.3 Å². The van der Waals surface area contributed by atoms with E-state index in [1.165, 1.54) is 12.1 Å². The molecule has 1 aromatic carbocycles. The summed E-state index contributed by atoms with van der Waals surface area (Å²) in [5, 5.41) is 8.52. The summed E-state index contributed by atoms with van der Waals surface area (Å²) in [6.07, 6.45) is 1.66. The number of carboxylic acid groups (broad SMARTS) is 1. The Morgan fingerprint density at radius 3 is 2.50 bits per heavy atom. The monoisotopic (exact) mass is 287 g/mol. The van der Waals surface area contributed by atoms with Crippen molar-refractivity contribution in [2.75, 3.05) is 13.6 Å². The number of benzene rings is 1. The molecule has 0 amide bonds. The third kappa shape index (κ3) is 7.04. The fourth-order valence-corrected chi connectivity index (χ4v) is 1.82.